The number of Topliss-reactive ketones (excluding diaryl/α,β-unsaturated/α-hetero) is 1. The van der Waals surface area contributed by atoms with Crippen LogP contribution in [0.15, 0.2) is 60.9 Å². The highest BCUT2D eigenvalue weighted by Gasteiger charge is 2.31. The van der Waals surface area contributed by atoms with E-state index in [-0.39, 0.29) is 17.0 Å². The van der Waals surface area contributed by atoms with Crippen molar-refractivity contribution in [3.05, 3.63) is 77.9 Å². The fourth-order valence-corrected chi connectivity index (χ4v) is 3.40. The van der Waals surface area contributed by atoms with Crippen molar-refractivity contribution < 1.29 is 18.0 Å². The smallest absolute Gasteiger partial charge is 0.383 e. The first-order valence-electron chi connectivity index (χ1n) is 9.59. The molecule has 0 aliphatic rings. The van der Waals surface area contributed by atoms with Crippen LogP contribution in [0, 0.1) is 0 Å². The summed E-state index contributed by atoms with van der Waals surface area (Å²) < 4.78 is 42.8. The standard InChI is InChI=1S/C22H19F3N6O/c1-29(2)13-18(20(32)15-5-4-6-16(11-15)22(23,24)25)21-26-27-28-31(21)17-7-8-19-14(12-17)9-10-30(19)3/h4-13H,1-3H3. The number of fused-ring (bicyclic) bond motifs is 1. The quantitative estimate of drug-likeness (QED) is 0.347. The van der Waals surface area contributed by atoms with Gasteiger partial charge in [-0.15, -0.1) is 5.10 Å². The summed E-state index contributed by atoms with van der Waals surface area (Å²) in [5.41, 5.74) is 0.674. The van der Waals surface area contributed by atoms with Crippen LogP contribution in [-0.2, 0) is 13.2 Å². The van der Waals surface area contributed by atoms with E-state index in [1.165, 1.54) is 23.0 Å². The summed E-state index contributed by atoms with van der Waals surface area (Å²) in [5.74, 6) is -0.502. The van der Waals surface area contributed by atoms with Gasteiger partial charge in [0.25, 0.3) is 0 Å². The highest BCUT2D eigenvalue weighted by Crippen LogP contribution is 2.31. The van der Waals surface area contributed by atoms with Crippen molar-refractivity contribution in [2.24, 2.45) is 7.05 Å². The number of halogens is 3. The number of ketones is 1. The van der Waals surface area contributed by atoms with E-state index in [4.69, 9.17) is 0 Å². The molecule has 2 aromatic carbocycles. The molecular formula is C22H19F3N6O. The SMILES string of the molecule is CN(C)C=C(C(=O)c1cccc(C(F)(F)F)c1)c1nnnn1-c1ccc2c(ccn2C)c1. The third kappa shape index (κ3) is 3.98. The predicted octanol–water partition coefficient (Wildman–Crippen LogP) is 3.96. The second kappa shape index (κ2) is 7.95. The van der Waals surface area contributed by atoms with Crippen LogP contribution in [0.1, 0.15) is 21.7 Å². The maximum absolute atomic E-state index is 13.3. The summed E-state index contributed by atoms with van der Waals surface area (Å²) in [5, 5.41) is 12.7. The number of carbonyl (C=O) groups excluding carboxylic acids is 1. The molecule has 2 heterocycles. The number of carbonyl (C=O) groups is 1. The number of aryl methyl sites for hydroxylation is 1. The maximum atomic E-state index is 13.3. The Morgan fingerprint density at radius 1 is 1.09 bits per heavy atom. The number of aromatic nitrogens is 5. The molecule has 0 aliphatic heterocycles. The second-order valence-electron chi connectivity index (χ2n) is 7.50. The van der Waals surface area contributed by atoms with E-state index in [2.05, 4.69) is 15.5 Å². The average molecular weight is 440 g/mol. The molecule has 0 fully saturated rings. The minimum Gasteiger partial charge on any atom is -0.383 e. The molecule has 4 rings (SSSR count). The van der Waals surface area contributed by atoms with Gasteiger partial charge in [-0.2, -0.15) is 17.9 Å². The Labute approximate surface area is 181 Å². The Balaban J connectivity index is 1.81. The lowest BCUT2D eigenvalue weighted by Gasteiger charge is -2.13. The Bertz CT molecular complexity index is 1330. The van der Waals surface area contributed by atoms with Crippen LogP contribution in [0.2, 0.25) is 0 Å². The molecule has 0 atom stereocenters. The van der Waals surface area contributed by atoms with Crippen molar-refractivity contribution in [2.75, 3.05) is 14.1 Å². The van der Waals surface area contributed by atoms with Crippen LogP contribution in [0.3, 0.4) is 0 Å². The highest BCUT2D eigenvalue weighted by atomic mass is 19.4. The summed E-state index contributed by atoms with van der Waals surface area (Å²) in [6.45, 7) is 0. The van der Waals surface area contributed by atoms with E-state index in [1.807, 2.05) is 42.1 Å². The molecule has 0 saturated heterocycles. The second-order valence-corrected chi connectivity index (χ2v) is 7.50. The van der Waals surface area contributed by atoms with Gasteiger partial charge in [-0.05, 0) is 46.8 Å². The molecular weight excluding hydrogens is 421 g/mol. The first-order valence-corrected chi connectivity index (χ1v) is 9.59. The lowest BCUT2D eigenvalue weighted by atomic mass is 10.0. The number of alkyl halides is 3. The number of benzene rings is 2. The predicted molar refractivity (Wildman–Crippen MR) is 113 cm³/mol. The molecule has 10 heteroatoms. The molecule has 4 aromatic rings. The van der Waals surface area contributed by atoms with E-state index in [9.17, 15) is 18.0 Å². The largest absolute Gasteiger partial charge is 0.416 e. The molecule has 7 nitrogen and oxygen atoms in total. The molecule has 32 heavy (non-hydrogen) atoms. The van der Waals surface area contributed by atoms with Crippen molar-refractivity contribution in [3.8, 4) is 5.69 Å². The Morgan fingerprint density at radius 3 is 2.59 bits per heavy atom. The van der Waals surface area contributed by atoms with Gasteiger partial charge in [0.05, 0.1) is 16.8 Å². The molecule has 0 bridgehead atoms. The van der Waals surface area contributed by atoms with Crippen molar-refractivity contribution >= 4 is 22.3 Å². The van der Waals surface area contributed by atoms with Crippen molar-refractivity contribution in [2.45, 2.75) is 6.18 Å². The molecule has 0 aliphatic carbocycles. The van der Waals surface area contributed by atoms with Crippen LogP contribution in [0.25, 0.3) is 22.2 Å². The van der Waals surface area contributed by atoms with Crippen molar-refractivity contribution in [3.63, 3.8) is 0 Å². The lowest BCUT2D eigenvalue weighted by molar-refractivity contribution is -0.137. The van der Waals surface area contributed by atoms with Gasteiger partial charge in [0.2, 0.25) is 0 Å². The molecule has 0 radical (unpaired) electrons. The number of hydrogen-bond donors (Lipinski definition) is 0. The minimum absolute atomic E-state index is 0.0625. The number of allylic oxidation sites excluding steroid dienone is 1. The number of nitrogens with zero attached hydrogens (tertiary/aromatic N) is 6. The third-order valence-corrected chi connectivity index (χ3v) is 4.91. The highest BCUT2D eigenvalue weighted by molar-refractivity contribution is 6.28. The zero-order valence-corrected chi connectivity index (χ0v) is 17.5. The third-order valence-electron chi connectivity index (χ3n) is 4.91. The van der Waals surface area contributed by atoms with Gasteiger partial charge in [-0.1, -0.05) is 12.1 Å². The Hall–Kier alpha value is -3.95. The topological polar surface area (TPSA) is 68.8 Å². The molecule has 164 valence electrons. The Kier molecular flexibility index (Phi) is 5.29. The first kappa shape index (κ1) is 21.3. The molecule has 0 unspecified atom stereocenters. The van der Waals surface area contributed by atoms with E-state index in [0.29, 0.717) is 5.69 Å². The van der Waals surface area contributed by atoms with Gasteiger partial charge in [-0.3, -0.25) is 4.79 Å². The van der Waals surface area contributed by atoms with E-state index in [0.717, 1.165) is 23.0 Å². The van der Waals surface area contributed by atoms with Gasteiger partial charge in [-0.25, -0.2) is 0 Å². The molecule has 2 aromatic heterocycles. The van der Waals surface area contributed by atoms with E-state index >= 15 is 0 Å². The van der Waals surface area contributed by atoms with Gasteiger partial charge in [0, 0.05) is 50.0 Å². The van der Waals surface area contributed by atoms with Crippen LogP contribution in [0.4, 0.5) is 13.2 Å². The first-order chi connectivity index (χ1) is 15.1. The summed E-state index contributed by atoms with van der Waals surface area (Å²) in [6.07, 6.45) is -1.15. The van der Waals surface area contributed by atoms with Crippen LogP contribution >= 0.6 is 0 Å². The molecule has 0 amide bonds. The van der Waals surface area contributed by atoms with Crippen molar-refractivity contribution in [1.82, 2.24) is 29.7 Å². The molecule has 0 spiro atoms. The number of tetrazole rings is 1. The fourth-order valence-electron chi connectivity index (χ4n) is 3.40. The minimum atomic E-state index is -4.56. The summed E-state index contributed by atoms with van der Waals surface area (Å²) >= 11 is 0. The zero-order chi connectivity index (χ0) is 23.0. The summed E-state index contributed by atoms with van der Waals surface area (Å²) in [4.78, 5) is 14.9. The molecule has 0 N–H and O–H groups in total. The number of rotatable bonds is 5. The Morgan fingerprint density at radius 2 is 1.88 bits per heavy atom. The zero-order valence-electron chi connectivity index (χ0n) is 17.5. The van der Waals surface area contributed by atoms with Crippen LogP contribution < -0.4 is 0 Å². The van der Waals surface area contributed by atoms with E-state index in [1.54, 1.807) is 19.0 Å². The summed E-state index contributed by atoms with van der Waals surface area (Å²) in [6, 6.07) is 11.8. The van der Waals surface area contributed by atoms with Gasteiger partial charge >= 0.3 is 6.18 Å². The normalized spacial score (nSPS) is 12.4. The average Bonchev–Trinajstić information content (AvgIpc) is 3.37. The lowest BCUT2D eigenvalue weighted by Crippen LogP contribution is -2.14. The summed E-state index contributed by atoms with van der Waals surface area (Å²) in [7, 11) is 5.32. The van der Waals surface area contributed by atoms with Crippen LogP contribution in [-0.4, -0.2) is 49.6 Å². The van der Waals surface area contributed by atoms with Gasteiger partial charge in [0.1, 0.15) is 0 Å². The van der Waals surface area contributed by atoms with E-state index < -0.39 is 17.5 Å². The monoisotopic (exact) mass is 440 g/mol. The van der Waals surface area contributed by atoms with Crippen LogP contribution in [0.5, 0.6) is 0 Å². The fraction of sp³-hybridized carbons (Fsp3) is 0.182. The molecule has 0 saturated carbocycles. The van der Waals surface area contributed by atoms with Crippen molar-refractivity contribution in [1.29, 1.82) is 0 Å². The number of hydrogen-bond acceptors (Lipinski definition) is 5. The van der Waals surface area contributed by atoms with Gasteiger partial charge < -0.3 is 9.47 Å². The van der Waals surface area contributed by atoms with Gasteiger partial charge in [0.15, 0.2) is 11.6 Å². The maximum Gasteiger partial charge on any atom is 0.416 e.